The van der Waals surface area contributed by atoms with E-state index in [9.17, 15) is 24.3 Å². The summed E-state index contributed by atoms with van der Waals surface area (Å²) >= 11 is 0. The highest BCUT2D eigenvalue weighted by atomic mass is 16.4. The van der Waals surface area contributed by atoms with Crippen molar-refractivity contribution in [2.24, 2.45) is 16.5 Å². The number of amides is 3. The number of nitrogens with two attached hydrogens (primary N) is 2. The molecule has 0 aliphatic carbocycles. The van der Waals surface area contributed by atoms with E-state index in [0.717, 1.165) is 39.4 Å². The maximum Gasteiger partial charge on any atom is 0.326 e. The number of aromatic nitrogens is 2. The van der Waals surface area contributed by atoms with Crippen molar-refractivity contribution in [2.75, 3.05) is 13.1 Å². The number of para-hydroxylation sites is 2. The third-order valence-electron chi connectivity index (χ3n) is 8.40. The number of nitrogens with one attached hydrogen (secondary N) is 6. The van der Waals surface area contributed by atoms with E-state index in [1.807, 2.05) is 48.5 Å². The molecule has 0 radical (unpaired) electrons. The summed E-state index contributed by atoms with van der Waals surface area (Å²) < 4.78 is 0. The van der Waals surface area contributed by atoms with Gasteiger partial charge in [0.15, 0.2) is 5.96 Å². The van der Waals surface area contributed by atoms with Crippen LogP contribution >= 0.6 is 0 Å². The molecule has 2 aromatic carbocycles. The molecule has 14 nitrogen and oxygen atoms in total. The van der Waals surface area contributed by atoms with Crippen molar-refractivity contribution in [2.45, 2.75) is 62.7 Å². The van der Waals surface area contributed by atoms with Crippen molar-refractivity contribution >= 4 is 51.5 Å². The number of aliphatic carboxylic acids is 1. The Balaban J connectivity index is 1.35. The van der Waals surface area contributed by atoms with Gasteiger partial charge in [-0.15, -0.1) is 0 Å². The number of hydrogen-bond acceptors (Lipinski definition) is 6. The monoisotopic (exact) mass is 643 g/mol. The molecule has 0 bridgehead atoms. The zero-order valence-corrected chi connectivity index (χ0v) is 25.9. The molecule has 3 amide bonds. The highest BCUT2D eigenvalue weighted by molar-refractivity contribution is 5.95. The van der Waals surface area contributed by atoms with Gasteiger partial charge in [-0.25, -0.2) is 4.79 Å². The fourth-order valence-corrected chi connectivity index (χ4v) is 5.95. The Bertz CT molecular complexity index is 1750. The predicted molar refractivity (Wildman–Crippen MR) is 178 cm³/mol. The molecule has 1 fully saturated rings. The molecule has 248 valence electrons. The lowest BCUT2D eigenvalue weighted by Crippen LogP contribution is -2.57. The number of carboxylic acid groups (broad SMARTS) is 1. The molecular weight excluding hydrogens is 602 g/mol. The lowest BCUT2D eigenvalue weighted by molar-refractivity contribution is -0.142. The van der Waals surface area contributed by atoms with E-state index < -0.39 is 42.0 Å². The van der Waals surface area contributed by atoms with Crippen LogP contribution in [-0.2, 0) is 32.0 Å². The summed E-state index contributed by atoms with van der Waals surface area (Å²) in [7, 11) is 0. The van der Waals surface area contributed by atoms with E-state index >= 15 is 0 Å². The molecule has 1 saturated heterocycles. The van der Waals surface area contributed by atoms with Gasteiger partial charge in [0, 0.05) is 53.6 Å². The summed E-state index contributed by atoms with van der Waals surface area (Å²) in [5, 5.41) is 23.2. The Morgan fingerprint density at radius 2 is 1.40 bits per heavy atom. The third kappa shape index (κ3) is 8.47. The van der Waals surface area contributed by atoms with E-state index in [4.69, 9.17) is 11.5 Å². The molecule has 0 spiro atoms. The van der Waals surface area contributed by atoms with Crippen molar-refractivity contribution < 1.29 is 24.3 Å². The molecule has 2 aromatic heterocycles. The van der Waals surface area contributed by atoms with Crippen LogP contribution in [0.25, 0.3) is 21.8 Å². The summed E-state index contributed by atoms with van der Waals surface area (Å²) in [6, 6.07) is 11.3. The van der Waals surface area contributed by atoms with Gasteiger partial charge in [0.25, 0.3) is 0 Å². The van der Waals surface area contributed by atoms with Crippen LogP contribution in [0, 0.1) is 0 Å². The number of carbonyl (C=O) groups excluding carboxylic acids is 3. The highest BCUT2D eigenvalue weighted by Gasteiger charge is 2.32. The molecule has 3 heterocycles. The van der Waals surface area contributed by atoms with Crippen molar-refractivity contribution in [3.63, 3.8) is 0 Å². The number of fused-ring (bicyclic) bond motifs is 2. The minimum Gasteiger partial charge on any atom is -0.480 e. The van der Waals surface area contributed by atoms with E-state index in [0.29, 0.717) is 19.4 Å². The van der Waals surface area contributed by atoms with E-state index in [-0.39, 0.29) is 37.7 Å². The van der Waals surface area contributed by atoms with Gasteiger partial charge in [-0.05, 0) is 55.5 Å². The summed E-state index contributed by atoms with van der Waals surface area (Å²) in [5.41, 5.74) is 14.2. The Morgan fingerprint density at radius 3 is 1.98 bits per heavy atom. The number of rotatable bonds is 15. The first kappa shape index (κ1) is 33.0. The van der Waals surface area contributed by atoms with Crippen molar-refractivity contribution in [1.29, 1.82) is 0 Å². The first-order valence-corrected chi connectivity index (χ1v) is 15.7. The SMILES string of the molecule is NC(N)=NCCCC(NC(=O)C(Cc1c[nH]c2ccccc12)NC(=O)C1CCCN1)C(=O)NC(Cc1c[nH]c2ccccc12)C(=O)O. The Morgan fingerprint density at radius 1 is 0.830 bits per heavy atom. The largest absolute Gasteiger partial charge is 0.480 e. The number of benzene rings is 2. The van der Waals surface area contributed by atoms with Crippen LogP contribution in [0.3, 0.4) is 0 Å². The van der Waals surface area contributed by atoms with Crippen molar-refractivity contribution in [1.82, 2.24) is 31.2 Å². The minimum atomic E-state index is -1.27. The number of nitrogens with zero attached hydrogens (tertiary/aromatic N) is 1. The van der Waals surface area contributed by atoms with Gasteiger partial charge in [-0.3, -0.25) is 19.4 Å². The number of guanidine groups is 1. The molecule has 4 aromatic rings. The van der Waals surface area contributed by atoms with Crippen LogP contribution in [0.1, 0.15) is 36.8 Å². The first-order valence-electron chi connectivity index (χ1n) is 15.7. The van der Waals surface area contributed by atoms with Gasteiger partial charge >= 0.3 is 5.97 Å². The summed E-state index contributed by atoms with van der Waals surface area (Å²) in [4.78, 5) is 63.3. The van der Waals surface area contributed by atoms with Crippen LogP contribution in [0.4, 0.5) is 0 Å². The van der Waals surface area contributed by atoms with Crippen LogP contribution in [0.15, 0.2) is 65.9 Å². The van der Waals surface area contributed by atoms with Gasteiger partial charge in [0.2, 0.25) is 17.7 Å². The lowest BCUT2D eigenvalue weighted by atomic mass is 10.0. The number of carbonyl (C=O) groups is 4. The second-order valence-electron chi connectivity index (χ2n) is 11.7. The molecule has 11 N–H and O–H groups in total. The van der Waals surface area contributed by atoms with Crippen molar-refractivity contribution in [3.8, 4) is 0 Å². The maximum absolute atomic E-state index is 13.9. The van der Waals surface area contributed by atoms with E-state index in [1.54, 1.807) is 12.4 Å². The number of aliphatic imine (C=N–C) groups is 1. The Hall–Kier alpha value is -5.37. The number of aromatic amines is 2. The van der Waals surface area contributed by atoms with Gasteiger partial charge in [0.05, 0.1) is 6.04 Å². The smallest absolute Gasteiger partial charge is 0.326 e. The van der Waals surface area contributed by atoms with Crippen molar-refractivity contribution in [3.05, 3.63) is 72.1 Å². The molecule has 14 heteroatoms. The van der Waals surface area contributed by atoms with Crippen LogP contribution in [-0.4, -0.2) is 82.0 Å². The summed E-state index contributed by atoms with van der Waals surface area (Å²) in [5.74, 6) is -2.89. The fourth-order valence-electron chi connectivity index (χ4n) is 5.95. The predicted octanol–water partition coefficient (Wildman–Crippen LogP) is 0.779. The molecule has 1 aliphatic rings. The zero-order valence-electron chi connectivity index (χ0n) is 25.9. The molecule has 0 saturated carbocycles. The number of H-pyrrole nitrogens is 2. The fraction of sp³-hybridized carbons (Fsp3) is 0.364. The van der Waals surface area contributed by atoms with E-state index in [2.05, 4.69) is 36.2 Å². The standard InChI is InChI=1S/C33H41N9O5/c34-33(35)37-14-6-12-26(30(44)42-28(32(46)47)16-20-18-39-24-10-4-2-8-22(20)24)40-31(45)27(41-29(43)25-11-5-13-36-25)15-19-17-38-23-9-3-1-7-21(19)23/h1-4,7-10,17-18,25-28,36,38-39H,5-6,11-16H2,(H,40,45)(H,41,43)(H,42,44)(H,46,47)(H4,34,35,37). The molecule has 4 unspecified atom stereocenters. The van der Waals surface area contributed by atoms with Gasteiger partial charge < -0.3 is 47.8 Å². The van der Waals surface area contributed by atoms with Crippen LogP contribution in [0.2, 0.25) is 0 Å². The topological polar surface area (TPSA) is 233 Å². The third-order valence-corrected chi connectivity index (χ3v) is 8.40. The first-order chi connectivity index (χ1) is 22.7. The number of carboxylic acids is 1. The van der Waals surface area contributed by atoms with E-state index in [1.165, 1.54) is 0 Å². The number of hydrogen-bond donors (Lipinski definition) is 9. The molecule has 4 atom stereocenters. The summed E-state index contributed by atoms with van der Waals surface area (Å²) in [6.07, 6.45) is 5.63. The van der Waals surface area contributed by atoms with Crippen LogP contribution < -0.4 is 32.7 Å². The summed E-state index contributed by atoms with van der Waals surface area (Å²) in [6.45, 7) is 0.904. The second-order valence-corrected chi connectivity index (χ2v) is 11.7. The van der Waals surface area contributed by atoms with Gasteiger partial charge in [0.1, 0.15) is 18.1 Å². The van der Waals surface area contributed by atoms with Gasteiger partial charge in [-0.2, -0.15) is 0 Å². The lowest BCUT2D eigenvalue weighted by Gasteiger charge is -2.25. The molecule has 1 aliphatic heterocycles. The average Bonchev–Trinajstić information content (AvgIpc) is 3.83. The minimum absolute atomic E-state index is 0.0212. The zero-order chi connectivity index (χ0) is 33.3. The normalized spacial score (nSPS) is 16.3. The molecule has 47 heavy (non-hydrogen) atoms. The average molecular weight is 644 g/mol. The highest BCUT2D eigenvalue weighted by Crippen LogP contribution is 2.21. The van der Waals surface area contributed by atoms with Gasteiger partial charge in [-0.1, -0.05) is 36.4 Å². The molecule has 5 rings (SSSR count). The molecular formula is C33H41N9O5. The Kier molecular flexibility index (Phi) is 10.7. The quantitative estimate of drug-likeness (QED) is 0.0509. The second kappa shape index (κ2) is 15.3. The van der Waals surface area contributed by atoms with Crippen LogP contribution in [0.5, 0.6) is 0 Å². The Labute approximate surface area is 271 Å². The maximum atomic E-state index is 13.9.